The number of carbonyl (C=O) groups excluding carboxylic acids is 1. The number of hydrogen-bond acceptors (Lipinski definition) is 3. The fourth-order valence-corrected chi connectivity index (χ4v) is 1.12. The molecule has 3 N–H and O–H groups in total. The van der Waals surface area contributed by atoms with Gasteiger partial charge in [0.2, 0.25) is 0 Å². The van der Waals surface area contributed by atoms with E-state index in [0.717, 1.165) is 0 Å². The second-order valence-corrected chi connectivity index (χ2v) is 4.15. The Balaban J connectivity index is 0.000000433. The molecule has 6 nitrogen and oxygen atoms in total. The first kappa shape index (κ1) is 18.3. The van der Waals surface area contributed by atoms with Crippen molar-refractivity contribution in [2.45, 2.75) is 19.9 Å². The van der Waals surface area contributed by atoms with Gasteiger partial charge in [0.05, 0.1) is 0 Å². The van der Waals surface area contributed by atoms with Crippen LogP contribution in [0.1, 0.15) is 24.2 Å². The lowest BCUT2D eigenvalue weighted by atomic mass is 10.2. The second kappa shape index (κ2) is 9.24. The Morgan fingerprint density at radius 3 is 2.05 bits per heavy atom. The van der Waals surface area contributed by atoms with Gasteiger partial charge in [-0.05, 0) is 32.0 Å². The molecule has 114 valence electrons. The van der Waals surface area contributed by atoms with Gasteiger partial charge in [-0.1, -0.05) is 6.07 Å². The Bertz CT molecular complexity index is 524. The van der Waals surface area contributed by atoms with Crippen LogP contribution in [0.2, 0.25) is 0 Å². The second-order valence-electron chi connectivity index (χ2n) is 4.15. The number of carboxylic acid groups (broad SMARTS) is 2. The molecule has 0 aromatic heterocycles. The molecule has 0 aliphatic heterocycles. The van der Waals surface area contributed by atoms with E-state index < -0.39 is 17.8 Å². The molecule has 1 aromatic rings. The van der Waals surface area contributed by atoms with Gasteiger partial charge in [-0.2, -0.15) is 0 Å². The van der Waals surface area contributed by atoms with Crippen LogP contribution in [0.25, 0.3) is 0 Å². The summed E-state index contributed by atoms with van der Waals surface area (Å²) in [6.45, 7) is 3.72. The lowest BCUT2D eigenvalue weighted by Crippen LogP contribution is -2.30. The SMILES string of the molecule is CC(C)NC(=O)c1cccc(F)c1.O=C(O)/C=C/C(=O)O. The van der Waals surface area contributed by atoms with Crippen molar-refractivity contribution in [1.29, 1.82) is 0 Å². The summed E-state index contributed by atoms with van der Waals surface area (Å²) < 4.78 is 12.7. The smallest absolute Gasteiger partial charge is 0.328 e. The molecular weight excluding hydrogens is 281 g/mol. The number of benzene rings is 1. The lowest BCUT2D eigenvalue weighted by molar-refractivity contribution is -0.134. The molecule has 0 aliphatic rings. The Hall–Kier alpha value is -2.70. The summed E-state index contributed by atoms with van der Waals surface area (Å²) in [6.07, 6.45) is 1.12. The van der Waals surface area contributed by atoms with Crippen LogP contribution in [-0.4, -0.2) is 34.1 Å². The van der Waals surface area contributed by atoms with Crippen molar-refractivity contribution in [2.24, 2.45) is 0 Å². The van der Waals surface area contributed by atoms with E-state index in [2.05, 4.69) is 5.32 Å². The molecule has 0 saturated heterocycles. The quantitative estimate of drug-likeness (QED) is 0.733. The maximum Gasteiger partial charge on any atom is 0.328 e. The van der Waals surface area contributed by atoms with Gasteiger partial charge < -0.3 is 15.5 Å². The van der Waals surface area contributed by atoms with E-state index in [1.165, 1.54) is 18.2 Å². The van der Waals surface area contributed by atoms with Gasteiger partial charge in [-0.25, -0.2) is 14.0 Å². The van der Waals surface area contributed by atoms with Crippen LogP contribution < -0.4 is 5.32 Å². The molecule has 0 saturated carbocycles. The normalized spacial score (nSPS) is 9.90. The number of hydrogen-bond donors (Lipinski definition) is 3. The lowest BCUT2D eigenvalue weighted by Gasteiger charge is -2.07. The topological polar surface area (TPSA) is 104 Å². The Kier molecular flexibility index (Phi) is 8.05. The van der Waals surface area contributed by atoms with E-state index >= 15 is 0 Å². The van der Waals surface area contributed by atoms with E-state index in [-0.39, 0.29) is 11.9 Å². The van der Waals surface area contributed by atoms with Gasteiger partial charge in [0.15, 0.2) is 0 Å². The zero-order valence-electron chi connectivity index (χ0n) is 11.5. The highest BCUT2D eigenvalue weighted by Gasteiger charge is 2.06. The van der Waals surface area contributed by atoms with Crippen molar-refractivity contribution in [3.8, 4) is 0 Å². The highest BCUT2D eigenvalue weighted by atomic mass is 19.1. The van der Waals surface area contributed by atoms with Crippen LogP contribution in [0.4, 0.5) is 4.39 Å². The zero-order valence-corrected chi connectivity index (χ0v) is 11.5. The predicted octanol–water partition coefficient (Wildman–Crippen LogP) is 1.68. The number of rotatable bonds is 4. The third-order valence-corrected chi connectivity index (χ3v) is 1.88. The molecular formula is C14H16FNO5. The van der Waals surface area contributed by atoms with Crippen molar-refractivity contribution in [3.63, 3.8) is 0 Å². The molecule has 0 heterocycles. The van der Waals surface area contributed by atoms with Gasteiger partial charge in [0.1, 0.15) is 5.82 Å². The number of carboxylic acids is 2. The van der Waals surface area contributed by atoms with E-state index in [9.17, 15) is 18.8 Å². The summed E-state index contributed by atoms with van der Waals surface area (Å²) in [7, 11) is 0. The van der Waals surface area contributed by atoms with Crippen LogP contribution in [0, 0.1) is 5.82 Å². The van der Waals surface area contributed by atoms with Crippen molar-refractivity contribution in [3.05, 3.63) is 47.8 Å². The van der Waals surface area contributed by atoms with E-state index in [4.69, 9.17) is 10.2 Å². The monoisotopic (exact) mass is 297 g/mol. The maximum atomic E-state index is 12.7. The largest absolute Gasteiger partial charge is 0.478 e. The molecule has 1 rings (SSSR count). The predicted molar refractivity (Wildman–Crippen MR) is 73.4 cm³/mol. The van der Waals surface area contributed by atoms with Crippen LogP contribution >= 0.6 is 0 Å². The van der Waals surface area contributed by atoms with Crippen LogP contribution in [-0.2, 0) is 9.59 Å². The van der Waals surface area contributed by atoms with Crippen LogP contribution in [0.5, 0.6) is 0 Å². The molecule has 0 spiro atoms. The van der Waals surface area contributed by atoms with Gasteiger partial charge >= 0.3 is 11.9 Å². The first-order valence-electron chi connectivity index (χ1n) is 5.92. The van der Waals surface area contributed by atoms with Gasteiger partial charge in [0, 0.05) is 23.8 Å². The van der Waals surface area contributed by atoms with Crippen molar-refractivity contribution in [1.82, 2.24) is 5.32 Å². The van der Waals surface area contributed by atoms with Crippen LogP contribution in [0.15, 0.2) is 36.4 Å². The summed E-state index contributed by atoms with van der Waals surface area (Å²) in [5.74, 6) is -3.15. The van der Waals surface area contributed by atoms with E-state index in [1.807, 2.05) is 13.8 Å². The molecule has 0 aliphatic carbocycles. The molecule has 0 radical (unpaired) electrons. The van der Waals surface area contributed by atoms with E-state index in [1.54, 1.807) is 6.07 Å². The first-order chi connectivity index (χ1) is 9.72. The highest BCUT2D eigenvalue weighted by molar-refractivity contribution is 5.94. The van der Waals surface area contributed by atoms with Crippen molar-refractivity contribution < 1.29 is 29.0 Å². The molecule has 0 bridgehead atoms. The third kappa shape index (κ3) is 9.83. The summed E-state index contributed by atoms with van der Waals surface area (Å²) in [4.78, 5) is 30.4. The molecule has 21 heavy (non-hydrogen) atoms. The van der Waals surface area contributed by atoms with Crippen molar-refractivity contribution >= 4 is 17.8 Å². The summed E-state index contributed by atoms with van der Waals surface area (Å²) in [5.41, 5.74) is 0.355. The number of halogens is 1. The highest BCUT2D eigenvalue weighted by Crippen LogP contribution is 2.03. The maximum absolute atomic E-state index is 12.7. The standard InChI is InChI=1S/C10H12FNO.C4H4O4/c1-7(2)12-10(13)8-4-3-5-9(11)6-8;5-3(6)1-2-4(7)8/h3-7H,1-2H3,(H,12,13);1-2H,(H,5,6)(H,7,8)/b;2-1+. The van der Waals surface area contributed by atoms with Gasteiger partial charge in [-0.3, -0.25) is 4.79 Å². The molecule has 1 amide bonds. The summed E-state index contributed by atoms with van der Waals surface area (Å²) in [5, 5.41) is 18.3. The minimum Gasteiger partial charge on any atom is -0.478 e. The third-order valence-electron chi connectivity index (χ3n) is 1.88. The van der Waals surface area contributed by atoms with Crippen molar-refractivity contribution in [2.75, 3.05) is 0 Å². The van der Waals surface area contributed by atoms with E-state index in [0.29, 0.717) is 17.7 Å². The summed E-state index contributed by atoms with van der Waals surface area (Å²) >= 11 is 0. The first-order valence-corrected chi connectivity index (χ1v) is 5.92. The fourth-order valence-electron chi connectivity index (χ4n) is 1.12. The van der Waals surface area contributed by atoms with Gasteiger partial charge in [-0.15, -0.1) is 0 Å². The Morgan fingerprint density at radius 1 is 1.14 bits per heavy atom. The zero-order chi connectivity index (χ0) is 16.4. The molecule has 0 fully saturated rings. The number of nitrogens with one attached hydrogen (secondary N) is 1. The Morgan fingerprint density at radius 2 is 1.67 bits per heavy atom. The molecule has 1 aromatic carbocycles. The molecule has 0 atom stereocenters. The minimum atomic E-state index is -1.26. The summed E-state index contributed by atoms with van der Waals surface area (Å²) in [6, 6.07) is 5.70. The number of amides is 1. The average molecular weight is 297 g/mol. The number of aliphatic carboxylic acids is 2. The van der Waals surface area contributed by atoms with Crippen LogP contribution in [0.3, 0.4) is 0 Å². The molecule has 7 heteroatoms. The van der Waals surface area contributed by atoms with Gasteiger partial charge in [0.25, 0.3) is 5.91 Å². The average Bonchev–Trinajstić information content (AvgIpc) is 2.36. The fraction of sp³-hybridized carbons (Fsp3) is 0.214. The molecule has 0 unspecified atom stereocenters. The Labute approximate surface area is 120 Å². The minimum absolute atomic E-state index is 0.0655. The number of carbonyl (C=O) groups is 3.